The van der Waals surface area contributed by atoms with Crippen LogP contribution in [-0.4, -0.2) is 25.7 Å². The fraction of sp³-hybridized carbons (Fsp3) is 0.167. The van der Waals surface area contributed by atoms with Crippen LogP contribution in [-0.2, 0) is 4.79 Å². The molecule has 0 bridgehead atoms. The Morgan fingerprint density at radius 3 is 2.90 bits per heavy atom. The van der Waals surface area contributed by atoms with E-state index in [9.17, 15) is 13.6 Å². The number of rotatable bonds is 3. The normalized spacial score (nSPS) is 11.2. The van der Waals surface area contributed by atoms with Crippen LogP contribution in [0.25, 0.3) is 16.0 Å². The monoisotopic (exact) mass is 309 g/mol. The number of alkyl halides is 2. The number of halogens is 2. The number of carbonyl (C=O) groups excluding carboxylic acids is 1. The Bertz CT molecular complexity index is 813. The van der Waals surface area contributed by atoms with Crippen LogP contribution in [0, 0.1) is 0 Å². The van der Waals surface area contributed by atoms with E-state index in [1.807, 2.05) is 0 Å². The average Bonchev–Trinajstić information content (AvgIpc) is 3.02. The van der Waals surface area contributed by atoms with Gasteiger partial charge in [0, 0.05) is 30.0 Å². The summed E-state index contributed by atoms with van der Waals surface area (Å²) in [6.45, 7) is 1.37. The summed E-state index contributed by atoms with van der Waals surface area (Å²) in [5, 5.41) is 9.04. The number of hydrogen-bond acceptors (Lipinski definition) is 5. The van der Waals surface area contributed by atoms with E-state index >= 15 is 0 Å². The molecule has 0 saturated heterocycles. The number of thiazole rings is 1. The third-order valence-electron chi connectivity index (χ3n) is 2.67. The van der Waals surface area contributed by atoms with E-state index in [0.717, 1.165) is 16.7 Å². The van der Waals surface area contributed by atoms with Crippen LogP contribution in [0.3, 0.4) is 0 Å². The van der Waals surface area contributed by atoms with Crippen molar-refractivity contribution < 1.29 is 13.6 Å². The topological polar surface area (TPSA) is 72.7 Å². The number of pyridine rings is 1. The Hall–Kier alpha value is -2.42. The fourth-order valence-corrected chi connectivity index (χ4v) is 2.58. The maximum absolute atomic E-state index is 12.6. The predicted molar refractivity (Wildman–Crippen MR) is 73.8 cm³/mol. The smallest absolute Gasteiger partial charge is 0.281 e. The highest BCUT2D eigenvalue weighted by Gasteiger charge is 2.15. The van der Waals surface area contributed by atoms with Gasteiger partial charge in [0.1, 0.15) is 11.5 Å². The highest BCUT2D eigenvalue weighted by molar-refractivity contribution is 7.12. The van der Waals surface area contributed by atoms with E-state index in [0.29, 0.717) is 16.5 Å². The summed E-state index contributed by atoms with van der Waals surface area (Å²) in [5.41, 5.74) is 0.346. The van der Waals surface area contributed by atoms with Gasteiger partial charge < -0.3 is 5.32 Å². The lowest BCUT2D eigenvalue weighted by Crippen LogP contribution is -2.07. The number of carbonyl (C=O) groups is 1. The van der Waals surface area contributed by atoms with Crippen LogP contribution in [0.1, 0.15) is 19.0 Å². The maximum Gasteiger partial charge on any atom is 0.281 e. The van der Waals surface area contributed by atoms with Gasteiger partial charge in [-0.2, -0.15) is 5.10 Å². The largest absolute Gasteiger partial charge is 0.311 e. The molecule has 108 valence electrons. The van der Waals surface area contributed by atoms with E-state index in [-0.39, 0.29) is 11.6 Å². The van der Waals surface area contributed by atoms with E-state index in [1.54, 1.807) is 18.5 Å². The molecule has 0 radical (unpaired) electrons. The van der Waals surface area contributed by atoms with Crippen LogP contribution < -0.4 is 5.32 Å². The number of nitrogens with zero attached hydrogens (tertiary/aromatic N) is 4. The first-order chi connectivity index (χ1) is 10.0. The Morgan fingerprint density at radius 1 is 1.43 bits per heavy atom. The van der Waals surface area contributed by atoms with Crippen molar-refractivity contribution in [3.05, 3.63) is 29.5 Å². The first kappa shape index (κ1) is 13.6. The van der Waals surface area contributed by atoms with E-state index in [1.165, 1.54) is 17.0 Å². The highest BCUT2D eigenvalue weighted by Crippen LogP contribution is 2.26. The molecule has 0 atom stereocenters. The molecule has 1 N–H and O–H groups in total. The average molecular weight is 309 g/mol. The minimum Gasteiger partial charge on any atom is -0.311 e. The summed E-state index contributed by atoms with van der Waals surface area (Å²) in [6.07, 6.45) is 0.489. The van der Waals surface area contributed by atoms with Gasteiger partial charge in [0.15, 0.2) is 0 Å². The first-order valence-corrected chi connectivity index (χ1v) is 6.78. The zero-order valence-electron chi connectivity index (χ0n) is 10.7. The second-order valence-electron chi connectivity index (χ2n) is 4.22. The van der Waals surface area contributed by atoms with Gasteiger partial charge in [-0.3, -0.25) is 4.79 Å². The van der Waals surface area contributed by atoms with E-state index in [2.05, 4.69) is 20.4 Å². The van der Waals surface area contributed by atoms with Gasteiger partial charge in [-0.1, -0.05) is 0 Å². The Kier molecular flexibility index (Phi) is 3.34. The number of amides is 1. The zero-order chi connectivity index (χ0) is 15.0. The predicted octanol–water partition coefficient (Wildman–Crippen LogP) is 2.77. The van der Waals surface area contributed by atoms with Crippen LogP contribution >= 0.6 is 11.3 Å². The molecule has 21 heavy (non-hydrogen) atoms. The molecular weight excluding hydrogens is 300 g/mol. The van der Waals surface area contributed by atoms with Gasteiger partial charge in [-0.05, 0) is 0 Å². The van der Waals surface area contributed by atoms with Crippen LogP contribution in [0.4, 0.5) is 14.6 Å². The molecular formula is C12H9F2N5OS. The number of aromatic nitrogens is 4. The summed E-state index contributed by atoms with van der Waals surface area (Å²) < 4.78 is 26.6. The molecule has 0 unspecified atom stereocenters. The summed E-state index contributed by atoms with van der Waals surface area (Å²) in [6, 6.07) is 1.62. The van der Waals surface area contributed by atoms with Crippen molar-refractivity contribution in [2.75, 3.05) is 5.32 Å². The molecule has 9 heteroatoms. The Morgan fingerprint density at radius 2 is 2.24 bits per heavy atom. The summed E-state index contributed by atoms with van der Waals surface area (Å²) in [7, 11) is 0. The molecule has 0 aliphatic heterocycles. The Balaban J connectivity index is 2.06. The van der Waals surface area contributed by atoms with Gasteiger partial charge in [0.2, 0.25) is 11.0 Å². The number of nitrogens with one attached hydrogen (secondary N) is 1. The molecule has 3 rings (SSSR count). The molecule has 0 aliphatic rings. The van der Waals surface area contributed by atoms with Crippen molar-refractivity contribution in [2.24, 2.45) is 0 Å². The number of anilines is 1. The standard InChI is InChI=1S/C12H9F2N5OS/c1-6(20)17-10-2-9-7(3-15-10)4-16-19(9)12-18-8(5-21-12)11(13)14/h2-5,11H,1H3,(H,15,17,20). The van der Waals surface area contributed by atoms with Gasteiger partial charge in [0.25, 0.3) is 6.43 Å². The molecule has 0 aromatic carbocycles. The van der Waals surface area contributed by atoms with Gasteiger partial charge >= 0.3 is 0 Å². The summed E-state index contributed by atoms with van der Waals surface area (Å²) in [5.74, 6) is 0.115. The maximum atomic E-state index is 12.6. The minimum atomic E-state index is -2.62. The molecule has 1 amide bonds. The minimum absolute atomic E-state index is 0.248. The quantitative estimate of drug-likeness (QED) is 0.807. The SMILES string of the molecule is CC(=O)Nc1cc2c(cn1)cnn2-c1nc(C(F)F)cs1. The third-order valence-corrected chi connectivity index (χ3v) is 3.51. The molecule has 6 nitrogen and oxygen atoms in total. The van der Waals surface area contributed by atoms with Crippen LogP contribution in [0.2, 0.25) is 0 Å². The number of hydrogen-bond donors (Lipinski definition) is 1. The highest BCUT2D eigenvalue weighted by atomic mass is 32.1. The number of fused-ring (bicyclic) bond motifs is 1. The second-order valence-corrected chi connectivity index (χ2v) is 5.06. The lowest BCUT2D eigenvalue weighted by atomic mass is 10.3. The van der Waals surface area contributed by atoms with Gasteiger partial charge in [-0.25, -0.2) is 23.4 Å². The van der Waals surface area contributed by atoms with Crippen LogP contribution in [0.15, 0.2) is 23.8 Å². The lowest BCUT2D eigenvalue weighted by Gasteiger charge is -2.02. The molecule has 3 aromatic heterocycles. The Labute approximate surface area is 121 Å². The first-order valence-electron chi connectivity index (χ1n) is 5.90. The van der Waals surface area contributed by atoms with E-state index < -0.39 is 6.43 Å². The zero-order valence-corrected chi connectivity index (χ0v) is 11.6. The molecule has 0 aliphatic carbocycles. The van der Waals surface area contributed by atoms with Gasteiger partial charge in [0.05, 0.1) is 11.7 Å². The second kappa shape index (κ2) is 5.17. The van der Waals surface area contributed by atoms with Gasteiger partial charge in [-0.15, -0.1) is 11.3 Å². The van der Waals surface area contributed by atoms with Crippen molar-refractivity contribution in [1.82, 2.24) is 19.7 Å². The molecule has 3 aromatic rings. The molecule has 0 saturated carbocycles. The fourth-order valence-electron chi connectivity index (χ4n) is 1.80. The molecule has 0 spiro atoms. The van der Waals surface area contributed by atoms with Crippen molar-refractivity contribution in [3.8, 4) is 5.13 Å². The summed E-state index contributed by atoms with van der Waals surface area (Å²) in [4.78, 5) is 19.0. The third kappa shape index (κ3) is 2.59. The van der Waals surface area contributed by atoms with Crippen molar-refractivity contribution >= 4 is 34.0 Å². The van der Waals surface area contributed by atoms with Crippen molar-refractivity contribution in [3.63, 3.8) is 0 Å². The van der Waals surface area contributed by atoms with Crippen molar-refractivity contribution in [2.45, 2.75) is 13.3 Å². The van der Waals surface area contributed by atoms with E-state index in [4.69, 9.17) is 0 Å². The van der Waals surface area contributed by atoms with Crippen molar-refractivity contribution in [1.29, 1.82) is 0 Å². The van der Waals surface area contributed by atoms with Crippen LogP contribution in [0.5, 0.6) is 0 Å². The molecule has 0 fully saturated rings. The lowest BCUT2D eigenvalue weighted by molar-refractivity contribution is -0.114. The summed E-state index contributed by atoms with van der Waals surface area (Å²) >= 11 is 1.07. The molecule has 3 heterocycles.